The molecule has 3 atom stereocenters. The number of carbonyl (C=O) groups is 2. The normalized spacial score (nSPS) is 22.7. The fraction of sp³-hybridized carbons (Fsp3) is 0.500. The van der Waals surface area contributed by atoms with Gasteiger partial charge in [-0.25, -0.2) is 4.79 Å². The second-order valence-corrected chi connectivity index (χ2v) is 5.67. The van der Waals surface area contributed by atoms with Crippen LogP contribution in [-0.2, 0) is 16.0 Å². The van der Waals surface area contributed by atoms with Gasteiger partial charge in [0.15, 0.2) is 0 Å². The van der Waals surface area contributed by atoms with Gasteiger partial charge in [-0.05, 0) is 30.9 Å². The summed E-state index contributed by atoms with van der Waals surface area (Å²) in [6.45, 7) is 3.43. The Morgan fingerprint density at radius 1 is 1.33 bits per heavy atom. The number of carbonyl (C=O) groups excluding carboxylic acids is 1. The summed E-state index contributed by atoms with van der Waals surface area (Å²) in [6, 6.07) is 8.87. The first-order valence-corrected chi connectivity index (χ1v) is 7.35. The Balaban J connectivity index is 1.90. The van der Waals surface area contributed by atoms with Crippen molar-refractivity contribution in [1.82, 2.24) is 10.6 Å². The second-order valence-electron chi connectivity index (χ2n) is 5.67. The molecule has 0 aliphatic carbocycles. The number of aryl methyl sites for hydroxylation is 1. The van der Waals surface area contributed by atoms with Crippen LogP contribution in [-0.4, -0.2) is 36.1 Å². The Labute approximate surface area is 124 Å². The molecule has 1 aromatic carbocycles. The van der Waals surface area contributed by atoms with Gasteiger partial charge in [0.2, 0.25) is 5.91 Å². The van der Waals surface area contributed by atoms with Crippen molar-refractivity contribution in [2.24, 2.45) is 11.8 Å². The number of benzene rings is 1. The molecule has 1 aliphatic heterocycles. The lowest BCUT2D eigenvalue weighted by Gasteiger charge is -2.19. The number of carboxylic acids is 1. The third-order valence-electron chi connectivity index (χ3n) is 4.03. The van der Waals surface area contributed by atoms with Gasteiger partial charge >= 0.3 is 5.97 Å². The van der Waals surface area contributed by atoms with Crippen LogP contribution in [0.25, 0.3) is 0 Å². The molecule has 0 spiro atoms. The van der Waals surface area contributed by atoms with Crippen LogP contribution >= 0.6 is 0 Å². The summed E-state index contributed by atoms with van der Waals surface area (Å²) in [5.74, 6) is -1.03. The van der Waals surface area contributed by atoms with Crippen molar-refractivity contribution in [2.75, 3.05) is 13.1 Å². The summed E-state index contributed by atoms with van der Waals surface area (Å²) in [4.78, 5) is 23.5. The fourth-order valence-electron chi connectivity index (χ4n) is 2.65. The van der Waals surface area contributed by atoms with Crippen LogP contribution in [0.15, 0.2) is 30.3 Å². The monoisotopic (exact) mass is 290 g/mol. The zero-order valence-corrected chi connectivity index (χ0v) is 12.2. The van der Waals surface area contributed by atoms with E-state index in [4.69, 9.17) is 0 Å². The molecule has 1 heterocycles. The van der Waals surface area contributed by atoms with Crippen molar-refractivity contribution in [3.63, 3.8) is 0 Å². The molecule has 2 rings (SSSR count). The first kappa shape index (κ1) is 15.5. The molecule has 0 aromatic heterocycles. The average molecular weight is 290 g/mol. The predicted octanol–water partition coefficient (Wildman–Crippen LogP) is 1.04. The third-order valence-corrected chi connectivity index (χ3v) is 4.03. The van der Waals surface area contributed by atoms with E-state index in [0.29, 0.717) is 19.4 Å². The molecule has 1 amide bonds. The maximum Gasteiger partial charge on any atom is 0.326 e. The average Bonchev–Trinajstić information content (AvgIpc) is 2.90. The van der Waals surface area contributed by atoms with Crippen LogP contribution in [0, 0.1) is 11.8 Å². The number of hydrogen-bond acceptors (Lipinski definition) is 3. The Hall–Kier alpha value is -1.88. The molecule has 0 bridgehead atoms. The van der Waals surface area contributed by atoms with Crippen LogP contribution in [0.4, 0.5) is 0 Å². The summed E-state index contributed by atoms with van der Waals surface area (Å²) in [7, 11) is 0. The summed E-state index contributed by atoms with van der Waals surface area (Å²) >= 11 is 0. The van der Waals surface area contributed by atoms with Crippen molar-refractivity contribution in [1.29, 1.82) is 0 Å². The van der Waals surface area contributed by atoms with Crippen molar-refractivity contribution in [3.8, 4) is 0 Å². The highest BCUT2D eigenvalue weighted by Gasteiger charge is 2.31. The minimum atomic E-state index is -0.974. The van der Waals surface area contributed by atoms with Crippen LogP contribution in [0.1, 0.15) is 18.9 Å². The van der Waals surface area contributed by atoms with E-state index < -0.39 is 12.0 Å². The minimum Gasteiger partial charge on any atom is -0.480 e. The van der Waals surface area contributed by atoms with Gasteiger partial charge in [0.25, 0.3) is 0 Å². The quantitative estimate of drug-likeness (QED) is 0.731. The van der Waals surface area contributed by atoms with E-state index >= 15 is 0 Å². The summed E-state index contributed by atoms with van der Waals surface area (Å²) in [6.07, 6.45) is 1.04. The highest BCUT2D eigenvalue weighted by molar-refractivity contribution is 5.85. The lowest BCUT2D eigenvalue weighted by Crippen LogP contribution is -2.45. The topological polar surface area (TPSA) is 78.4 Å². The number of carboxylic acid groups (broad SMARTS) is 1. The zero-order chi connectivity index (χ0) is 15.2. The summed E-state index contributed by atoms with van der Waals surface area (Å²) < 4.78 is 0. The van der Waals surface area contributed by atoms with Gasteiger partial charge in [-0.15, -0.1) is 0 Å². The van der Waals surface area contributed by atoms with E-state index in [1.54, 1.807) is 0 Å². The molecule has 0 saturated carbocycles. The van der Waals surface area contributed by atoms with Crippen molar-refractivity contribution < 1.29 is 14.7 Å². The number of hydrogen-bond donors (Lipinski definition) is 3. The van der Waals surface area contributed by atoms with E-state index in [-0.39, 0.29) is 17.7 Å². The first-order chi connectivity index (χ1) is 10.1. The minimum absolute atomic E-state index is 0.136. The molecular weight excluding hydrogens is 268 g/mol. The molecule has 1 saturated heterocycles. The standard InChI is InChI=1S/C16H22N2O3/c1-11-9-17-10-13(11)15(19)18-14(16(20)21)8-7-12-5-3-2-4-6-12/h2-6,11,13-14,17H,7-10H2,1H3,(H,18,19)(H,20,21)/t11-,13-,14+/m1/s1. The van der Waals surface area contributed by atoms with E-state index in [1.165, 1.54) is 0 Å². The van der Waals surface area contributed by atoms with Gasteiger partial charge in [0.05, 0.1) is 5.92 Å². The van der Waals surface area contributed by atoms with Gasteiger partial charge in [-0.1, -0.05) is 37.3 Å². The Morgan fingerprint density at radius 2 is 2.05 bits per heavy atom. The Kier molecular flexibility index (Phi) is 5.33. The highest BCUT2D eigenvalue weighted by Crippen LogP contribution is 2.16. The van der Waals surface area contributed by atoms with Gasteiger partial charge in [0, 0.05) is 6.54 Å². The van der Waals surface area contributed by atoms with Gasteiger partial charge < -0.3 is 15.7 Å². The van der Waals surface area contributed by atoms with Crippen LogP contribution < -0.4 is 10.6 Å². The molecule has 5 nitrogen and oxygen atoms in total. The Morgan fingerprint density at radius 3 is 2.62 bits per heavy atom. The molecule has 0 radical (unpaired) electrons. The fourth-order valence-corrected chi connectivity index (χ4v) is 2.65. The molecule has 5 heteroatoms. The first-order valence-electron chi connectivity index (χ1n) is 7.35. The maximum atomic E-state index is 12.2. The molecule has 21 heavy (non-hydrogen) atoms. The lowest BCUT2D eigenvalue weighted by molar-refractivity contribution is -0.142. The van der Waals surface area contributed by atoms with Crippen LogP contribution in [0.3, 0.4) is 0 Å². The van der Waals surface area contributed by atoms with Gasteiger partial charge in [-0.3, -0.25) is 4.79 Å². The zero-order valence-electron chi connectivity index (χ0n) is 12.2. The van der Waals surface area contributed by atoms with E-state index in [0.717, 1.165) is 12.1 Å². The Bertz CT molecular complexity index is 490. The number of nitrogens with one attached hydrogen (secondary N) is 2. The van der Waals surface area contributed by atoms with Gasteiger partial charge in [-0.2, -0.15) is 0 Å². The molecule has 0 unspecified atom stereocenters. The second kappa shape index (κ2) is 7.22. The summed E-state index contributed by atoms with van der Waals surface area (Å²) in [5.41, 5.74) is 1.08. The van der Waals surface area contributed by atoms with Crippen LogP contribution in [0.5, 0.6) is 0 Å². The van der Waals surface area contributed by atoms with E-state index in [9.17, 15) is 14.7 Å². The third kappa shape index (κ3) is 4.29. The summed E-state index contributed by atoms with van der Waals surface area (Å²) in [5, 5.41) is 15.1. The van der Waals surface area contributed by atoms with Crippen molar-refractivity contribution in [3.05, 3.63) is 35.9 Å². The van der Waals surface area contributed by atoms with Crippen molar-refractivity contribution >= 4 is 11.9 Å². The van der Waals surface area contributed by atoms with Gasteiger partial charge in [0.1, 0.15) is 6.04 Å². The lowest BCUT2D eigenvalue weighted by atomic mass is 9.96. The van der Waals surface area contributed by atoms with E-state index in [1.807, 2.05) is 37.3 Å². The number of amides is 1. The number of aliphatic carboxylic acids is 1. The molecule has 1 aliphatic rings. The maximum absolute atomic E-state index is 12.2. The molecule has 3 N–H and O–H groups in total. The largest absolute Gasteiger partial charge is 0.480 e. The predicted molar refractivity (Wildman–Crippen MR) is 79.9 cm³/mol. The highest BCUT2D eigenvalue weighted by atomic mass is 16.4. The molecule has 114 valence electrons. The molecule has 1 aromatic rings. The molecular formula is C16H22N2O3. The SMILES string of the molecule is C[C@@H]1CNC[C@H]1C(=O)N[C@@H](CCc1ccccc1)C(=O)O. The number of rotatable bonds is 6. The smallest absolute Gasteiger partial charge is 0.326 e. The molecule has 1 fully saturated rings. The van der Waals surface area contributed by atoms with Crippen LogP contribution in [0.2, 0.25) is 0 Å². The van der Waals surface area contributed by atoms with E-state index in [2.05, 4.69) is 10.6 Å². The van der Waals surface area contributed by atoms with Crippen molar-refractivity contribution in [2.45, 2.75) is 25.8 Å².